The molecule has 0 bridgehead atoms. The van der Waals surface area contributed by atoms with Crippen molar-refractivity contribution in [3.63, 3.8) is 0 Å². The third kappa shape index (κ3) is 4.93. The highest BCUT2D eigenvalue weighted by Crippen LogP contribution is 2.53. The lowest BCUT2D eigenvalue weighted by atomic mass is 10.1. The second-order valence-electron chi connectivity index (χ2n) is 9.04. The average molecular weight is 463 g/mol. The SMILES string of the molecule is Cc1ccc(CNc2nc(N3CCC4(CC4)C3)ncc2C(=O)NCc2ccccn2)cc1Cl. The van der Waals surface area contributed by atoms with Gasteiger partial charge in [-0.3, -0.25) is 9.78 Å². The molecule has 1 aliphatic carbocycles. The van der Waals surface area contributed by atoms with Gasteiger partial charge in [0.1, 0.15) is 11.4 Å². The van der Waals surface area contributed by atoms with E-state index in [0.717, 1.165) is 34.9 Å². The van der Waals surface area contributed by atoms with E-state index in [1.165, 1.54) is 19.3 Å². The van der Waals surface area contributed by atoms with Crippen molar-refractivity contribution in [2.24, 2.45) is 5.41 Å². The normalized spacial score (nSPS) is 16.1. The predicted octanol–water partition coefficient (Wildman–Crippen LogP) is 4.37. The maximum atomic E-state index is 13.0. The topological polar surface area (TPSA) is 83.0 Å². The first-order valence-electron chi connectivity index (χ1n) is 11.3. The van der Waals surface area contributed by atoms with E-state index in [2.05, 4.69) is 25.5 Å². The molecule has 2 aliphatic rings. The Hall–Kier alpha value is -3.19. The molecule has 0 unspecified atom stereocenters. The molecule has 7 nitrogen and oxygen atoms in total. The molecule has 1 aliphatic heterocycles. The summed E-state index contributed by atoms with van der Waals surface area (Å²) in [6.07, 6.45) is 7.10. The second-order valence-corrected chi connectivity index (χ2v) is 9.45. The summed E-state index contributed by atoms with van der Waals surface area (Å²) < 4.78 is 0. The van der Waals surface area contributed by atoms with Gasteiger partial charge < -0.3 is 15.5 Å². The number of nitrogens with one attached hydrogen (secondary N) is 2. The lowest BCUT2D eigenvalue weighted by Crippen LogP contribution is -2.27. The number of rotatable bonds is 7. The Labute approximate surface area is 198 Å². The van der Waals surface area contributed by atoms with Crippen molar-refractivity contribution < 1.29 is 4.79 Å². The average Bonchev–Trinajstić information content (AvgIpc) is 3.47. The van der Waals surface area contributed by atoms with E-state index < -0.39 is 0 Å². The summed E-state index contributed by atoms with van der Waals surface area (Å²) in [5.74, 6) is 0.952. The van der Waals surface area contributed by atoms with Crippen LogP contribution in [0.15, 0.2) is 48.8 Å². The van der Waals surface area contributed by atoms with Gasteiger partial charge in [0.05, 0.1) is 12.2 Å². The molecule has 170 valence electrons. The van der Waals surface area contributed by atoms with Gasteiger partial charge in [0, 0.05) is 37.1 Å². The van der Waals surface area contributed by atoms with E-state index >= 15 is 0 Å². The highest BCUT2D eigenvalue weighted by molar-refractivity contribution is 6.31. The quantitative estimate of drug-likeness (QED) is 0.542. The number of pyridine rings is 1. The van der Waals surface area contributed by atoms with Crippen LogP contribution in [-0.2, 0) is 13.1 Å². The van der Waals surface area contributed by atoms with E-state index in [0.29, 0.717) is 35.8 Å². The molecule has 1 saturated carbocycles. The van der Waals surface area contributed by atoms with Crippen LogP contribution in [0.4, 0.5) is 11.8 Å². The van der Waals surface area contributed by atoms with Crippen molar-refractivity contribution in [2.75, 3.05) is 23.3 Å². The van der Waals surface area contributed by atoms with Gasteiger partial charge in [-0.25, -0.2) is 4.98 Å². The number of aromatic nitrogens is 3. The molecule has 0 radical (unpaired) electrons. The van der Waals surface area contributed by atoms with Crippen LogP contribution in [0.2, 0.25) is 5.02 Å². The van der Waals surface area contributed by atoms with Gasteiger partial charge in [0.15, 0.2) is 0 Å². The van der Waals surface area contributed by atoms with E-state index in [-0.39, 0.29) is 5.91 Å². The van der Waals surface area contributed by atoms with Crippen molar-refractivity contribution in [1.29, 1.82) is 0 Å². The number of carbonyl (C=O) groups is 1. The fourth-order valence-electron chi connectivity index (χ4n) is 4.22. The van der Waals surface area contributed by atoms with E-state index in [9.17, 15) is 4.79 Å². The maximum Gasteiger partial charge on any atom is 0.256 e. The first-order valence-corrected chi connectivity index (χ1v) is 11.7. The van der Waals surface area contributed by atoms with Crippen LogP contribution in [0.3, 0.4) is 0 Å². The highest BCUT2D eigenvalue weighted by atomic mass is 35.5. The molecule has 1 amide bonds. The number of nitrogens with zero attached hydrogens (tertiary/aromatic N) is 4. The standard InChI is InChI=1S/C25H27ClN6O/c1-17-5-6-18(12-21(17)26)13-28-22-20(23(33)29-14-19-4-2-3-10-27-19)15-30-24(31-22)32-11-9-25(16-32)7-8-25/h2-6,10,12,15H,7-9,11,13-14,16H2,1H3,(H,29,33)(H,28,30,31). The molecule has 33 heavy (non-hydrogen) atoms. The fourth-order valence-corrected chi connectivity index (χ4v) is 4.42. The first kappa shape index (κ1) is 21.6. The summed E-state index contributed by atoms with van der Waals surface area (Å²) in [5.41, 5.74) is 3.72. The second kappa shape index (κ2) is 8.98. The summed E-state index contributed by atoms with van der Waals surface area (Å²) in [7, 11) is 0. The van der Waals surface area contributed by atoms with Gasteiger partial charge in [-0.2, -0.15) is 4.98 Å². The van der Waals surface area contributed by atoms with Gasteiger partial charge >= 0.3 is 0 Å². The van der Waals surface area contributed by atoms with Crippen molar-refractivity contribution in [2.45, 2.75) is 39.3 Å². The van der Waals surface area contributed by atoms with Gasteiger partial charge in [0.2, 0.25) is 5.95 Å². The van der Waals surface area contributed by atoms with Crippen LogP contribution in [-0.4, -0.2) is 33.9 Å². The molecule has 3 heterocycles. The van der Waals surface area contributed by atoms with E-state index in [4.69, 9.17) is 16.6 Å². The summed E-state index contributed by atoms with van der Waals surface area (Å²) in [6.45, 7) is 4.76. The monoisotopic (exact) mass is 462 g/mol. The number of halogens is 1. The van der Waals surface area contributed by atoms with Gasteiger partial charge in [0.25, 0.3) is 5.91 Å². The molecule has 2 fully saturated rings. The number of aryl methyl sites for hydroxylation is 1. The van der Waals surface area contributed by atoms with Crippen molar-refractivity contribution >= 4 is 29.3 Å². The first-order chi connectivity index (χ1) is 16.0. The van der Waals surface area contributed by atoms with Crippen molar-refractivity contribution in [3.05, 3.63) is 76.2 Å². The Morgan fingerprint density at radius 2 is 2.03 bits per heavy atom. The summed E-state index contributed by atoms with van der Waals surface area (Å²) in [6, 6.07) is 11.6. The number of anilines is 2. The van der Waals surface area contributed by atoms with Crippen LogP contribution in [0, 0.1) is 12.3 Å². The van der Waals surface area contributed by atoms with Gasteiger partial charge in [-0.1, -0.05) is 29.8 Å². The lowest BCUT2D eigenvalue weighted by Gasteiger charge is -2.19. The lowest BCUT2D eigenvalue weighted by molar-refractivity contribution is 0.0950. The summed E-state index contributed by atoms with van der Waals surface area (Å²) in [4.78, 5) is 28.8. The molecule has 1 aromatic carbocycles. The smallest absolute Gasteiger partial charge is 0.256 e. The number of carbonyl (C=O) groups excluding carboxylic acids is 1. The third-order valence-corrected chi connectivity index (χ3v) is 6.96. The van der Waals surface area contributed by atoms with Gasteiger partial charge in [-0.15, -0.1) is 0 Å². The number of amides is 1. The molecular weight excluding hydrogens is 436 g/mol. The Kier molecular flexibility index (Phi) is 5.89. The molecule has 2 N–H and O–H groups in total. The van der Waals surface area contributed by atoms with Crippen LogP contribution in [0.25, 0.3) is 0 Å². The van der Waals surface area contributed by atoms with Crippen molar-refractivity contribution in [3.8, 4) is 0 Å². The molecule has 0 atom stereocenters. The fraction of sp³-hybridized carbons (Fsp3) is 0.360. The van der Waals surface area contributed by atoms with Crippen LogP contribution in [0.1, 0.15) is 46.4 Å². The number of benzene rings is 1. The Morgan fingerprint density at radius 1 is 1.15 bits per heavy atom. The molecular formula is C25H27ClN6O. The van der Waals surface area contributed by atoms with E-state index in [1.54, 1.807) is 12.4 Å². The minimum absolute atomic E-state index is 0.239. The largest absolute Gasteiger partial charge is 0.365 e. The molecule has 8 heteroatoms. The van der Waals surface area contributed by atoms with Gasteiger partial charge in [-0.05, 0) is 60.9 Å². The minimum Gasteiger partial charge on any atom is -0.365 e. The van der Waals surface area contributed by atoms with Crippen LogP contribution >= 0.6 is 11.6 Å². The molecule has 5 rings (SSSR count). The zero-order valence-corrected chi connectivity index (χ0v) is 19.4. The molecule has 2 aromatic heterocycles. The maximum absolute atomic E-state index is 13.0. The highest BCUT2D eigenvalue weighted by Gasteiger charge is 2.48. The van der Waals surface area contributed by atoms with Crippen LogP contribution < -0.4 is 15.5 Å². The molecule has 1 saturated heterocycles. The third-order valence-electron chi connectivity index (χ3n) is 6.55. The summed E-state index contributed by atoms with van der Waals surface area (Å²) in [5, 5.41) is 6.99. The Bertz CT molecular complexity index is 1160. The van der Waals surface area contributed by atoms with Crippen LogP contribution in [0.5, 0.6) is 0 Å². The zero-order chi connectivity index (χ0) is 22.8. The van der Waals surface area contributed by atoms with Crippen molar-refractivity contribution in [1.82, 2.24) is 20.3 Å². The summed E-state index contributed by atoms with van der Waals surface area (Å²) >= 11 is 6.29. The zero-order valence-electron chi connectivity index (χ0n) is 18.6. The number of hydrogen-bond donors (Lipinski definition) is 2. The molecule has 1 spiro atoms. The molecule has 3 aromatic rings. The Morgan fingerprint density at radius 3 is 2.76 bits per heavy atom. The minimum atomic E-state index is -0.239. The Balaban J connectivity index is 1.36. The predicted molar refractivity (Wildman–Crippen MR) is 129 cm³/mol. The van der Waals surface area contributed by atoms with E-state index in [1.807, 2.05) is 43.3 Å². The number of hydrogen-bond acceptors (Lipinski definition) is 6.